The molecule has 0 amide bonds. The third kappa shape index (κ3) is 3.04. The second-order valence-corrected chi connectivity index (χ2v) is 5.25. The number of nitrogens with zero attached hydrogens (tertiary/aromatic N) is 2. The van der Waals surface area contributed by atoms with Crippen LogP contribution in [0.5, 0.6) is 0 Å². The highest BCUT2D eigenvalue weighted by molar-refractivity contribution is 7.07. The smallest absolute Gasteiger partial charge is 0.304 e. The average Bonchev–Trinajstić information content (AvgIpc) is 3.09. The van der Waals surface area contributed by atoms with Gasteiger partial charge in [-0.25, -0.2) is 4.68 Å². The number of H-pyrrole nitrogens is 1. The Bertz CT molecular complexity index is 729. The summed E-state index contributed by atoms with van der Waals surface area (Å²) in [4.78, 5) is 13.8. The van der Waals surface area contributed by atoms with Gasteiger partial charge in [-0.3, -0.25) is 4.79 Å². The van der Waals surface area contributed by atoms with Crippen molar-refractivity contribution >= 4 is 11.3 Å². The number of hydrogen-bond donors (Lipinski definition) is 2. The van der Waals surface area contributed by atoms with Crippen LogP contribution < -0.4 is 10.2 Å². The monoisotopic (exact) mass is 286 g/mol. The number of benzene rings is 1. The first-order valence-corrected chi connectivity index (χ1v) is 7.15. The van der Waals surface area contributed by atoms with E-state index in [1.54, 1.807) is 0 Å². The van der Waals surface area contributed by atoms with Crippen LogP contribution in [0.3, 0.4) is 0 Å². The molecule has 0 spiro atoms. The summed E-state index contributed by atoms with van der Waals surface area (Å²) in [7, 11) is 0. The van der Waals surface area contributed by atoms with Crippen LogP contribution in [0.25, 0.3) is 5.69 Å². The first-order chi connectivity index (χ1) is 9.81. The van der Waals surface area contributed by atoms with Gasteiger partial charge < -0.3 is 10.3 Å². The summed E-state index contributed by atoms with van der Waals surface area (Å²) in [5.41, 5.74) is 3.06. The van der Waals surface area contributed by atoms with Gasteiger partial charge in [-0.1, -0.05) is 29.5 Å². The Morgan fingerprint density at radius 3 is 2.85 bits per heavy atom. The van der Waals surface area contributed by atoms with E-state index in [2.05, 4.69) is 15.4 Å². The van der Waals surface area contributed by atoms with Gasteiger partial charge in [0.2, 0.25) is 0 Å². The molecule has 0 radical (unpaired) electrons. The summed E-state index contributed by atoms with van der Waals surface area (Å²) in [6.07, 6.45) is 3.84. The highest BCUT2D eigenvalue weighted by Gasteiger charge is 2.01. The van der Waals surface area contributed by atoms with Gasteiger partial charge in [-0.05, 0) is 12.1 Å². The number of nitrogens with one attached hydrogen (secondary N) is 2. The molecule has 2 aromatic heterocycles. The molecule has 0 bridgehead atoms. The summed E-state index contributed by atoms with van der Waals surface area (Å²) < 4.78 is 1.85. The van der Waals surface area contributed by atoms with Crippen molar-refractivity contribution in [3.8, 4) is 5.69 Å². The SMILES string of the molecule is O=c1[nH]c(CNCc2cnn(-c3ccccc3)c2)cs1. The number of hydrogen-bond acceptors (Lipinski definition) is 4. The summed E-state index contributed by atoms with van der Waals surface area (Å²) >= 11 is 1.18. The molecule has 3 rings (SSSR count). The molecule has 0 aliphatic carbocycles. The Hall–Kier alpha value is -2.18. The van der Waals surface area contributed by atoms with Crippen molar-refractivity contribution in [3.05, 3.63) is 69.0 Å². The van der Waals surface area contributed by atoms with E-state index in [1.165, 1.54) is 11.3 Å². The lowest BCUT2D eigenvalue weighted by Gasteiger charge is -2.01. The molecule has 2 N–H and O–H groups in total. The van der Waals surface area contributed by atoms with E-state index < -0.39 is 0 Å². The molecule has 0 aliphatic rings. The van der Waals surface area contributed by atoms with Gasteiger partial charge in [0.05, 0.1) is 11.9 Å². The molecule has 3 aromatic rings. The van der Waals surface area contributed by atoms with Gasteiger partial charge in [0, 0.05) is 35.9 Å². The molecule has 0 atom stereocenters. The van der Waals surface area contributed by atoms with Crippen LogP contribution >= 0.6 is 11.3 Å². The third-order valence-electron chi connectivity index (χ3n) is 2.87. The first-order valence-electron chi connectivity index (χ1n) is 6.27. The molecular formula is C14H14N4OS. The fourth-order valence-corrected chi connectivity index (χ4v) is 2.50. The minimum Gasteiger partial charge on any atom is -0.315 e. The average molecular weight is 286 g/mol. The minimum absolute atomic E-state index is 0.0151. The molecule has 1 aromatic carbocycles. The number of rotatable bonds is 5. The molecule has 102 valence electrons. The molecule has 5 nitrogen and oxygen atoms in total. The van der Waals surface area contributed by atoms with Crippen LogP contribution in [-0.4, -0.2) is 14.8 Å². The van der Waals surface area contributed by atoms with Gasteiger partial charge in [0.15, 0.2) is 0 Å². The van der Waals surface area contributed by atoms with Gasteiger partial charge in [0.25, 0.3) is 0 Å². The highest BCUT2D eigenvalue weighted by Crippen LogP contribution is 2.07. The number of thiazole rings is 1. The maximum absolute atomic E-state index is 11.0. The molecule has 2 heterocycles. The maximum atomic E-state index is 11.0. The Morgan fingerprint density at radius 1 is 1.25 bits per heavy atom. The predicted octanol–water partition coefficient (Wildman–Crippen LogP) is 1.91. The zero-order chi connectivity index (χ0) is 13.8. The van der Waals surface area contributed by atoms with Crippen molar-refractivity contribution in [2.75, 3.05) is 0 Å². The van der Waals surface area contributed by atoms with Crippen molar-refractivity contribution in [3.63, 3.8) is 0 Å². The van der Waals surface area contributed by atoms with Crippen molar-refractivity contribution in [2.45, 2.75) is 13.1 Å². The molecule has 6 heteroatoms. The second kappa shape index (κ2) is 5.85. The fourth-order valence-electron chi connectivity index (χ4n) is 1.92. The van der Waals surface area contributed by atoms with Crippen molar-refractivity contribution < 1.29 is 0 Å². The van der Waals surface area contributed by atoms with Crippen LogP contribution in [0.15, 0.2) is 52.9 Å². The van der Waals surface area contributed by atoms with Crippen LogP contribution in [-0.2, 0) is 13.1 Å². The van der Waals surface area contributed by atoms with E-state index in [0.29, 0.717) is 13.1 Å². The molecular weight excluding hydrogens is 272 g/mol. The molecule has 0 saturated heterocycles. The van der Waals surface area contributed by atoms with E-state index in [0.717, 1.165) is 16.9 Å². The van der Waals surface area contributed by atoms with Gasteiger partial charge in [-0.15, -0.1) is 0 Å². The summed E-state index contributed by atoms with van der Waals surface area (Å²) in [5, 5.41) is 9.45. The van der Waals surface area contributed by atoms with E-state index in [-0.39, 0.29) is 4.87 Å². The van der Waals surface area contributed by atoms with Gasteiger partial charge in [-0.2, -0.15) is 5.10 Å². The fraction of sp³-hybridized carbons (Fsp3) is 0.143. The standard InChI is InChI=1S/C14H14N4OS/c19-14-17-12(10-20-14)8-15-6-11-7-16-18(9-11)13-4-2-1-3-5-13/h1-5,7,9-10,15H,6,8H2,(H,17,19). The Morgan fingerprint density at radius 2 is 2.10 bits per heavy atom. The lowest BCUT2D eigenvalue weighted by molar-refractivity contribution is 0.681. The predicted molar refractivity (Wildman–Crippen MR) is 79.0 cm³/mol. The Labute approximate surface area is 119 Å². The molecule has 0 aliphatic heterocycles. The van der Waals surface area contributed by atoms with E-state index >= 15 is 0 Å². The van der Waals surface area contributed by atoms with Crippen LogP contribution in [0, 0.1) is 0 Å². The van der Waals surface area contributed by atoms with E-state index in [9.17, 15) is 4.79 Å². The summed E-state index contributed by atoms with van der Waals surface area (Å²) in [6.45, 7) is 1.36. The zero-order valence-corrected chi connectivity index (χ0v) is 11.6. The lowest BCUT2D eigenvalue weighted by Crippen LogP contribution is -2.13. The van der Waals surface area contributed by atoms with Gasteiger partial charge >= 0.3 is 4.87 Å². The van der Waals surface area contributed by atoms with E-state index in [1.807, 2.05) is 52.8 Å². The quantitative estimate of drug-likeness (QED) is 0.753. The van der Waals surface area contributed by atoms with Crippen LogP contribution in [0.1, 0.15) is 11.3 Å². The topological polar surface area (TPSA) is 62.7 Å². The largest absolute Gasteiger partial charge is 0.315 e. The number of para-hydroxylation sites is 1. The lowest BCUT2D eigenvalue weighted by atomic mass is 10.3. The summed E-state index contributed by atoms with van der Waals surface area (Å²) in [6, 6.07) is 9.99. The molecule has 20 heavy (non-hydrogen) atoms. The first kappa shape index (κ1) is 12.8. The third-order valence-corrected chi connectivity index (χ3v) is 3.59. The Kier molecular flexibility index (Phi) is 3.76. The number of aromatic nitrogens is 3. The van der Waals surface area contributed by atoms with Crippen molar-refractivity contribution in [2.24, 2.45) is 0 Å². The van der Waals surface area contributed by atoms with E-state index in [4.69, 9.17) is 0 Å². The number of aromatic amines is 1. The van der Waals surface area contributed by atoms with Crippen molar-refractivity contribution in [1.82, 2.24) is 20.1 Å². The van der Waals surface area contributed by atoms with Crippen LogP contribution in [0.4, 0.5) is 0 Å². The second-order valence-electron chi connectivity index (χ2n) is 4.41. The maximum Gasteiger partial charge on any atom is 0.304 e. The van der Waals surface area contributed by atoms with Crippen LogP contribution in [0.2, 0.25) is 0 Å². The Balaban J connectivity index is 1.59. The van der Waals surface area contributed by atoms with Crippen molar-refractivity contribution in [1.29, 1.82) is 0 Å². The summed E-state index contributed by atoms with van der Waals surface area (Å²) in [5.74, 6) is 0. The zero-order valence-electron chi connectivity index (χ0n) is 10.7. The molecule has 0 fully saturated rings. The molecule has 0 saturated carbocycles. The highest BCUT2D eigenvalue weighted by atomic mass is 32.1. The normalized spacial score (nSPS) is 10.8. The van der Waals surface area contributed by atoms with Gasteiger partial charge in [0.1, 0.15) is 0 Å². The minimum atomic E-state index is -0.0151. The molecule has 0 unspecified atom stereocenters.